The minimum absolute atomic E-state index is 0.00453. The Labute approximate surface area is 222 Å². The van der Waals surface area contributed by atoms with E-state index in [2.05, 4.69) is 25.9 Å². The van der Waals surface area contributed by atoms with Crippen LogP contribution in [0.3, 0.4) is 0 Å². The van der Waals surface area contributed by atoms with Crippen molar-refractivity contribution in [2.24, 2.45) is 0 Å². The van der Waals surface area contributed by atoms with Crippen LogP contribution in [-0.2, 0) is 14.4 Å². The molecule has 3 aromatic carbocycles. The second-order valence-electron chi connectivity index (χ2n) is 9.45. The Morgan fingerprint density at radius 1 is 0.974 bits per heavy atom. The third kappa shape index (κ3) is 4.43. The van der Waals surface area contributed by atoms with E-state index in [4.69, 9.17) is 4.28 Å². The highest BCUT2D eigenvalue weighted by Crippen LogP contribution is 2.53. The maximum absolute atomic E-state index is 14.7. The molecular formula is C26H22F2N6O4S. The van der Waals surface area contributed by atoms with E-state index in [9.17, 15) is 22.0 Å². The number of hydrogen-bond donors (Lipinski definition) is 3. The Kier molecular flexibility index (Phi) is 5.93. The highest BCUT2D eigenvalue weighted by atomic mass is 32.2. The molecule has 0 saturated carbocycles. The van der Waals surface area contributed by atoms with Crippen molar-refractivity contribution in [2.45, 2.75) is 36.7 Å². The molecule has 39 heavy (non-hydrogen) atoms. The molecule has 0 fully saturated rings. The molecule has 0 spiro atoms. The van der Waals surface area contributed by atoms with E-state index in [1.54, 1.807) is 31.2 Å². The molecule has 3 N–H and O–H groups in total. The van der Waals surface area contributed by atoms with Gasteiger partial charge in [0.2, 0.25) is 0 Å². The van der Waals surface area contributed by atoms with Gasteiger partial charge in [-0.25, -0.2) is 13.8 Å². The molecule has 10 nitrogen and oxygen atoms in total. The number of carbonyl (C=O) groups excluding carboxylic acids is 1. The Balaban J connectivity index is 1.54. The average Bonchev–Trinajstić information content (AvgIpc) is 3.32. The lowest BCUT2D eigenvalue weighted by Gasteiger charge is -2.46. The molecule has 0 radical (unpaired) electrons. The van der Waals surface area contributed by atoms with Crippen molar-refractivity contribution in [3.05, 3.63) is 106 Å². The number of aryl methyl sites for hydroxylation is 2. The van der Waals surface area contributed by atoms with Crippen LogP contribution in [0.1, 0.15) is 56.7 Å². The number of amides is 1. The number of nitrogens with one attached hydrogen (secondary N) is 3. The fraction of sp³-hybridized carbons (Fsp3) is 0.192. The molecule has 1 unspecified atom stereocenters. The summed E-state index contributed by atoms with van der Waals surface area (Å²) in [4.78, 5) is 17.5. The van der Waals surface area contributed by atoms with Crippen LogP contribution in [0.5, 0.6) is 0 Å². The minimum Gasteiger partial charge on any atom is -0.377 e. The van der Waals surface area contributed by atoms with E-state index in [1.165, 1.54) is 30.3 Å². The number of carbonyl (C=O) groups is 1. The first-order valence-electron chi connectivity index (χ1n) is 12.0. The van der Waals surface area contributed by atoms with Gasteiger partial charge in [-0.15, -0.1) is 0 Å². The van der Waals surface area contributed by atoms with Crippen molar-refractivity contribution in [3.63, 3.8) is 0 Å². The SMILES string of the molecule is Cc1ccc(S(=O)(=O)ON2NC(=O)c3cc(F)cc4c3C2[C@H](c2n[nH]c(C)n2)[C@@H](c2ccc(F)cc2)N4)cc1. The number of hydrogen-bond acceptors (Lipinski definition) is 8. The van der Waals surface area contributed by atoms with Crippen molar-refractivity contribution in [1.82, 2.24) is 25.8 Å². The van der Waals surface area contributed by atoms with Gasteiger partial charge < -0.3 is 5.32 Å². The van der Waals surface area contributed by atoms with Gasteiger partial charge in [-0.1, -0.05) is 35.0 Å². The number of hydrazine groups is 1. The lowest BCUT2D eigenvalue weighted by Crippen LogP contribution is -2.54. The predicted octanol–water partition coefficient (Wildman–Crippen LogP) is 3.97. The quantitative estimate of drug-likeness (QED) is 0.339. The standard InChI is InChI=1S/C26H22F2N6O4S/c1-13-3-9-18(10-4-13)39(36,37)38-34-24-21-19(26(35)33-34)11-17(28)12-20(21)30-23(15-5-7-16(27)8-6-15)22(24)25-29-14(2)31-32-25/h3-12,22-24,30H,1-2H3,(H,33,35)(H,29,31,32)/t22-,23-,24?/m1/s1. The summed E-state index contributed by atoms with van der Waals surface area (Å²) in [7, 11) is -4.41. The van der Waals surface area contributed by atoms with E-state index in [-0.39, 0.29) is 22.0 Å². The molecule has 6 rings (SSSR count). The summed E-state index contributed by atoms with van der Waals surface area (Å²) in [6.07, 6.45) is 0. The van der Waals surface area contributed by atoms with Crippen LogP contribution in [-0.4, -0.2) is 34.7 Å². The summed E-state index contributed by atoms with van der Waals surface area (Å²) >= 11 is 0. The monoisotopic (exact) mass is 552 g/mol. The van der Waals surface area contributed by atoms with Crippen LogP contribution in [0.25, 0.3) is 0 Å². The van der Waals surface area contributed by atoms with E-state index < -0.39 is 45.7 Å². The summed E-state index contributed by atoms with van der Waals surface area (Å²) < 4.78 is 60.6. The normalized spacial score (nSPS) is 20.7. The predicted molar refractivity (Wildman–Crippen MR) is 135 cm³/mol. The van der Waals surface area contributed by atoms with Crippen molar-refractivity contribution in [2.75, 3.05) is 5.32 Å². The van der Waals surface area contributed by atoms with Crippen molar-refractivity contribution < 1.29 is 26.3 Å². The summed E-state index contributed by atoms with van der Waals surface area (Å²) in [6.45, 7) is 3.51. The highest BCUT2D eigenvalue weighted by molar-refractivity contribution is 7.86. The molecule has 0 saturated heterocycles. The van der Waals surface area contributed by atoms with Gasteiger partial charge in [0.1, 0.15) is 17.5 Å². The maximum Gasteiger partial charge on any atom is 0.314 e. The third-order valence-electron chi connectivity index (χ3n) is 6.79. The van der Waals surface area contributed by atoms with Gasteiger partial charge in [0.05, 0.1) is 28.5 Å². The van der Waals surface area contributed by atoms with Crippen LogP contribution in [0.2, 0.25) is 0 Å². The first kappa shape index (κ1) is 25.1. The van der Waals surface area contributed by atoms with Gasteiger partial charge in [0.25, 0.3) is 5.91 Å². The lowest BCUT2D eigenvalue weighted by molar-refractivity contribution is -0.140. The van der Waals surface area contributed by atoms with Crippen molar-refractivity contribution in [3.8, 4) is 0 Å². The van der Waals surface area contributed by atoms with Gasteiger partial charge in [0, 0.05) is 11.3 Å². The summed E-state index contributed by atoms with van der Waals surface area (Å²) in [5, 5.41) is 11.2. The van der Waals surface area contributed by atoms with Crippen LogP contribution < -0.4 is 10.7 Å². The molecular weight excluding hydrogens is 530 g/mol. The van der Waals surface area contributed by atoms with Crippen molar-refractivity contribution in [1.29, 1.82) is 0 Å². The Hall–Kier alpha value is -4.20. The molecule has 3 heterocycles. The Morgan fingerprint density at radius 2 is 1.69 bits per heavy atom. The summed E-state index contributed by atoms with van der Waals surface area (Å²) in [5.41, 5.74) is 4.47. The number of aromatic nitrogens is 3. The smallest absolute Gasteiger partial charge is 0.314 e. The number of halogens is 2. The molecule has 0 aliphatic carbocycles. The number of rotatable bonds is 5. The number of nitrogens with zero attached hydrogens (tertiary/aromatic N) is 3. The zero-order valence-electron chi connectivity index (χ0n) is 20.6. The number of benzene rings is 3. The van der Waals surface area contributed by atoms with E-state index >= 15 is 0 Å². The number of aromatic amines is 1. The van der Waals surface area contributed by atoms with Crippen LogP contribution in [0.15, 0.2) is 65.6 Å². The minimum atomic E-state index is -4.41. The number of hydroxylamine groups is 1. The van der Waals surface area contributed by atoms with Crippen LogP contribution in [0, 0.1) is 25.5 Å². The van der Waals surface area contributed by atoms with E-state index in [1.807, 2.05) is 6.92 Å². The average molecular weight is 553 g/mol. The zero-order chi connectivity index (χ0) is 27.5. The Morgan fingerprint density at radius 3 is 2.36 bits per heavy atom. The second kappa shape index (κ2) is 9.22. The Bertz CT molecular complexity index is 1690. The summed E-state index contributed by atoms with van der Waals surface area (Å²) in [5.74, 6) is -1.89. The molecule has 2 aliphatic heterocycles. The van der Waals surface area contributed by atoms with Gasteiger partial charge >= 0.3 is 10.1 Å². The van der Waals surface area contributed by atoms with Crippen LogP contribution in [0.4, 0.5) is 14.5 Å². The molecule has 2 aliphatic rings. The third-order valence-corrected chi connectivity index (χ3v) is 8.00. The summed E-state index contributed by atoms with van der Waals surface area (Å²) in [6, 6.07) is 12.3. The fourth-order valence-corrected chi connectivity index (χ4v) is 5.93. The van der Waals surface area contributed by atoms with E-state index in [0.29, 0.717) is 17.0 Å². The zero-order valence-corrected chi connectivity index (χ0v) is 21.5. The van der Waals surface area contributed by atoms with Crippen LogP contribution >= 0.6 is 0 Å². The maximum atomic E-state index is 14.7. The van der Waals surface area contributed by atoms with Gasteiger partial charge in [-0.3, -0.25) is 15.3 Å². The second-order valence-corrected chi connectivity index (χ2v) is 11.0. The van der Waals surface area contributed by atoms with Gasteiger partial charge in [0.15, 0.2) is 5.82 Å². The number of anilines is 1. The first-order chi connectivity index (χ1) is 18.6. The molecule has 1 amide bonds. The fourth-order valence-electron chi connectivity index (χ4n) is 5.03. The molecule has 3 atom stereocenters. The van der Waals surface area contributed by atoms with Gasteiger partial charge in [-0.2, -0.15) is 17.8 Å². The largest absolute Gasteiger partial charge is 0.377 e. The molecule has 200 valence electrons. The van der Waals surface area contributed by atoms with Crippen molar-refractivity contribution >= 4 is 21.7 Å². The molecule has 4 aromatic rings. The first-order valence-corrected chi connectivity index (χ1v) is 13.4. The number of H-pyrrole nitrogens is 1. The highest BCUT2D eigenvalue weighted by Gasteiger charge is 2.50. The lowest BCUT2D eigenvalue weighted by atomic mass is 9.77. The van der Waals surface area contributed by atoms with Gasteiger partial charge in [-0.05, 0) is 55.8 Å². The van der Waals surface area contributed by atoms with E-state index in [0.717, 1.165) is 16.8 Å². The molecule has 0 bridgehead atoms. The molecule has 1 aromatic heterocycles. The molecule has 13 heteroatoms. The topological polar surface area (TPSA) is 129 Å².